The molecule has 188 valence electrons. The fraction of sp³-hybridized carbons (Fsp3) is 0.526. The van der Waals surface area contributed by atoms with Crippen molar-refractivity contribution in [3.05, 3.63) is 18.2 Å². The number of nitrogens with zero attached hydrogens (tertiary/aromatic N) is 1. The summed E-state index contributed by atoms with van der Waals surface area (Å²) < 4.78 is 0. The number of aliphatic carboxylic acids is 3. The highest BCUT2D eigenvalue weighted by molar-refractivity contribution is 5.96. The average molecular weight is 484 g/mol. The Morgan fingerprint density at radius 3 is 1.82 bits per heavy atom. The second kappa shape index (κ2) is 12.9. The van der Waals surface area contributed by atoms with Gasteiger partial charge in [0.15, 0.2) is 0 Å². The molecule has 0 aliphatic carbocycles. The van der Waals surface area contributed by atoms with Gasteiger partial charge >= 0.3 is 17.9 Å². The molecule has 15 heteroatoms. The number of nitrogens with two attached hydrogens (primary N) is 1. The van der Waals surface area contributed by atoms with Crippen LogP contribution in [0.25, 0.3) is 0 Å². The quantitative estimate of drug-likeness (QED) is 0.136. The van der Waals surface area contributed by atoms with Crippen LogP contribution in [0.1, 0.15) is 32.4 Å². The van der Waals surface area contributed by atoms with Crippen LogP contribution in [0.15, 0.2) is 12.5 Å². The van der Waals surface area contributed by atoms with E-state index in [-0.39, 0.29) is 6.42 Å². The van der Waals surface area contributed by atoms with Gasteiger partial charge < -0.3 is 42.0 Å². The number of nitrogens with one attached hydrogen (secondary N) is 4. The number of carbonyl (C=O) groups excluding carboxylic acids is 3. The fourth-order valence-electron chi connectivity index (χ4n) is 2.81. The van der Waals surface area contributed by atoms with Crippen molar-refractivity contribution < 1.29 is 44.1 Å². The molecule has 4 unspecified atom stereocenters. The van der Waals surface area contributed by atoms with Crippen LogP contribution in [-0.2, 0) is 35.2 Å². The Hall–Kier alpha value is -4.01. The maximum absolute atomic E-state index is 12.7. The Bertz CT molecular complexity index is 902. The molecule has 1 aromatic rings. The van der Waals surface area contributed by atoms with Crippen LogP contribution in [0.5, 0.6) is 0 Å². The third-order valence-corrected chi connectivity index (χ3v) is 4.59. The van der Waals surface area contributed by atoms with Crippen molar-refractivity contribution >= 4 is 35.6 Å². The lowest BCUT2D eigenvalue weighted by Crippen LogP contribution is -2.58. The third kappa shape index (κ3) is 9.23. The van der Waals surface area contributed by atoms with E-state index in [0.29, 0.717) is 5.69 Å². The van der Waals surface area contributed by atoms with Crippen molar-refractivity contribution in [1.29, 1.82) is 0 Å². The number of aromatic amines is 1. The molecule has 0 saturated heterocycles. The standard InChI is InChI=1S/C19H28N6O9/c1-8(2)15(19(33)34)25-18(32)12(5-14(28)29)24-17(31)11(4-13(26)27)23-16(30)10(20)3-9-6-21-7-22-9/h6-8,10-12,15H,3-5,20H2,1-2H3,(H,21,22)(H,23,30)(H,24,31)(H,25,32)(H,26,27)(H,28,29)(H,33,34). The van der Waals surface area contributed by atoms with Gasteiger partial charge in [-0.3, -0.25) is 24.0 Å². The molecule has 1 rings (SSSR count). The van der Waals surface area contributed by atoms with Gasteiger partial charge in [-0.05, 0) is 5.92 Å². The van der Waals surface area contributed by atoms with Crippen molar-refractivity contribution in [3.63, 3.8) is 0 Å². The number of imidazole rings is 1. The van der Waals surface area contributed by atoms with Crippen molar-refractivity contribution in [3.8, 4) is 0 Å². The molecular weight excluding hydrogens is 456 g/mol. The summed E-state index contributed by atoms with van der Waals surface area (Å²) in [5.41, 5.74) is 6.29. The molecule has 9 N–H and O–H groups in total. The van der Waals surface area contributed by atoms with E-state index in [1.165, 1.54) is 26.4 Å². The molecule has 0 spiro atoms. The summed E-state index contributed by atoms with van der Waals surface area (Å²) in [6, 6.07) is -5.97. The first-order chi connectivity index (χ1) is 15.8. The predicted octanol–water partition coefficient (Wildman–Crippen LogP) is -2.58. The van der Waals surface area contributed by atoms with E-state index in [2.05, 4.69) is 25.9 Å². The number of carboxylic acids is 3. The Balaban J connectivity index is 2.96. The highest BCUT2D eigenvalue weighted by atomic mass is 16.4. The highest BCUT2D eigenvalue weighted by Crippen LogP contribution is 2.05. The van der Waals surface area contributed by atoms with E-state index >= 15 is 0 Å². The topological polar surface area (TPSA) is 254 Å². The zero-order valence-corrected chi connectivity index (χ0v) is 18.5. The molecule has 0 fully saturated rings. The molecule has 0 aliphatic heterocycles. The van der Waals surface area contributed by atoms with Crippen LogP contribution in [-0.4, -0.2) is 85.1 Å². The number of hydrogen-bond donors (Lipinski definition) is 8. The average Bonchev–Trinajstić information content (AvgIpc) is 3.22. The van der Waals surface area contributed by atoms with Gasteiger partial charge in [0, 0.05) is 18.3 Å². The molecule has 4 atom stereocenters. The van der Waals surface area contributed by atoms with Gasteiger partial charge in [-0.15, -0.1) is 0 Å². The van der Waals surface area contributed by atoms with Crippen molar-refractivity contribution in [2.45, 2.75) is 57.3 Å². The van der Waals surface area contributed by atoms with Crippen LogP contribution >= 0.6 is 0 Å². The maximum atomic E-state index is 12.7. The Kier molecular flexibility index (Phi) is 10.6. The Morgan fingerprint density at radius 1 is 0.912 bits per heavy atom. The number of carboxylic acid groups (broad SMARTS) is 3. The summed E-state index contributed by atoms with van der Waals surface area (Å²) >= 11 is 0. The molecule has 15 nitrogen and oxygen atoms in total. The molecule has 3 amide bonds. The number of amides is 3. The summed E-state index contributed by atoms with van der Waals surface area (Å²) in [4.78, 5) is 77.8. The second-order valence-electron chi connectivity index (χ2n) is 7.77. The molecule has 0 aliphatic rings. The first-order valence-electron chi connectivity index (χ1n) is 10.1. The molecule has 1 aromatic heterocycles. The van der Waals surface area contributed by atoms with Gasteiger partial charge in [0.2, 0.25) is 17.7 Å². The van der Waals surface area contributed by atoms with Crippen molar-refractivity contribution in [2.75, 3.05) is 0 Å². The van der Waals surface area contributed by atoms with E-state index in [0.717, 1.165) is 0 Å². The fourth-order valence-corrected chi connectivity index (χ4v) is 2.81. The van der Waals surface area contributed by atoms with Gasteiger partial charge in [0.1, 0.15) is 18.1 Å². The number of carbonyl (C=O) groups is 6. The van der Waals surface area contributed by atoms with Crippen LogP contribution in [0.3, 0.4) is 0 Å². The Labute approximate surface area is 193 Å². The monoisotopic (exact) mass is 484 g/mol. The summed E-state index contributed by atoms with van der Waals surface area (Å²) in [5.74, 6) is -8.02. The summed E-state index contributed by atoms with van der Waals surface area (Å²) in [6.07, 6.45) is 0.978. The Morgan fingerprint density at radius 2 is 1.41 bits per heavy atom. The van der Waals surface area contributed by atoms with Gasteiger partial charge in [0.25, 0.3) is 0 Å². The lowest BCUT2D eigenvalue weighted by molar-refractivity contribution is -0.145. The molecule has 0 bridgehead atoms. The summed E-state index contributed by atoms with van der Waals surface area (Å²) in [7, 11) is 0. The van der Waals surface area contributed by atoms with Crippen molar-refractivity contribution in [1.82, 2.24) is 25.9 Å². The van der Waals surface area contributed by atoms with Gasteiger partial charge in [-0.25, -0.2) is 9.78 Å². The maximum Gasteiger partial charge on any atom is 0.326 e. The minimum Gasteiger partial charge on any atom is -0.481 e. The van der Waals surface area contributed by atoms with E-state index in [1.54, 1.807) is 0 Å². The first-order valence-corrected chi connectivity index (χ1v) is 10.1. The number of H-pyrrole nitrogens is 1. The summed E-state index contributed by atoms with van der Waals surface area (Å²) in [5, 5.41) is 33.8. The van der Waals surface area contributed by atoms with Gasteiger partial charge in [0.05, 0.1) is 25.2 Å². The molecule has 0 aromatic carbocycles. The number of rotatable bonds is 14. The predicted molar refractivity (Wildman–Crippen MR) is 113 cm³/mol. The number of hydrogen-bond acceptors (Lipinski definition) is 8. The van der Waals surface area contributed by atoms with Crippen LogP contribution in [0.4, 0.5) is 0 Å². The summed E-state index contributed by atoms with van der Waals surface area (Å²) in [6.45, 7) is 3.02. The molecular formula is C19H28N6O9. The lowest BCUT2D eigenvalue weighted by atomic mass is 10.0. The van der Waals surface area contributed by atoms with Crippen LogP contribution in [0.2, 0.25) is 0 Å². The van der Waals surface area contributed by atoms with E-state index < -0.39 is 78.6 Å². The normalized spacial score (nSPS) is 14.4. The second-order valence-corrected chi connectivity index (χ2v) is 7.77. The number of aromatic nitrogens is 2. The van der Waals surface area contributed by atoms with Gasteiger partial charge in [-0.2, -0.15) is 0 Å². The third-order valence-electron chi connectivity index (χ3n) is 4.59. The molecule has 0 saturated carbocycles. The van der Waals surface area contributed by atoms with E-state index in [1.807, 2.05) is 0 Å². The first kappa shape index (κ1) is 28.0. The molecule has 1 heterocycles. The highest BCUT2D eigenvalue weighted by Gasteiger charge is 2.33. The van der Waals surface area contributed by atoms with E-state index in [4.69, 9.17) is 15.9 Å². The van der Waals surface area contributed by atoms with Gasteiger partial charge in [-0.1, -0.05) is 13.8 Å². The molecule has 34 heavy (non-hydrogen) atoms. The zero-order valence-electron chi connectivity index (χ0n) is 18.5. The minimum atomic E-state index is -1.74. The van der Waals surface area contributed by atoms with Crippen LogP contribution in [0, 0.1) is 5.92 Å². The molecule has 0 radical (unpaired) electrons. The smallest absolute Gasteiger partial charge is 0.326 e. The zero-order chi connectivity index (χ0) is 26.0. The minimum absolute atomic E-state index is 0.00304. The van der Waals surface area contributed by atoms with Crippen molar-refractivity contribution in [2.24, 2.45) is 11.7 Å². The SMILES string of the molecule is CC(C)C(NC(=O)C(CC(=O)O)NC(=O)C(CC(=O)O)NC(=O)C(N)Cc1cnc[nH]1)C(=O)O. The largest absolute Gasteiger partial charge is 0.481 e. The lowest BCUT2D eigenvalue weighted by Gasteiger charge is -2.24. The van der Waals surface area contributed by atoms with Crippen LogP contribution < -0.4 is 21.7 Å². The van der Waals surface area contributed by atoms with E-state index in [9.17, 15) is 33.9 Å².